The molecule has 1 aromatic carbocycles. The lowest BCUT2D eigenvalue weighted by Gasteiger charge is -2.28. The van der Waals surface area contributed by atoms with Gasteiger partial charge in [-0.3, -0.25) is 9.89 Å². The van der Waals surface area contributed by atoms with Crippen LogP contribution in [-0.4, -0.2) is 71.4 Å². The van der Waals surface area contributed by atoms with Crippen molar-refractivity contribution >= 4 is 16.0 Å². The molecule has 8 nitrogen and oxygen atoms in total. The zero-order chi connectivity index (χ0) is 21.1. The van der Waals surface area contributed by atoms with Gasteiger partial charge >= 0.3 is 0 Å². The molecule has 2 rings (SSSR count). The molecule has 1 aliphatic rings. The summed E-state index contributed by atoms with van der Waals surface area (Å²) in [4.78, 5) is 7.24. The zero-order valence-electron chi connectivity index (χ0n) is 17.8. The summed E-state index contributed by atoms with van der Waals surface area (Å²) in [6.45, 7) is 7.86. The third-order valence-electron chi connectivity index (χ3n) is 4.97. The molecule has 0 saturated carbocycles. The molecule has 1 saturated heterocycles. The van der Waals surface area contributed by atoms with Crippen molar-refractivity contribution in [2.75, 3.05) is 52.1 Å². The minimum absolute atomic E-state index is 0.0809. The Hall–Kier alpha value is -1.84. The standard InChI is InChI=1S/C20H35N5O3S/c1-4-21-20(22-12-13-24-29(26,27)5-2)23-16-18(25-14-8-9-15-25)17-10-6-7-11-19(17)28-3/h6-7,10-11,18,24H,4-5,8-9,12-16H2,1-3H3,(H2,21,22,23). The fraction of sp³-hybridized carbons (Fsp3) is 0.650. The topological polar surface area (TPSA) is 95.1 Å². The van der Waals surface area contributed by atoms with E-state index in [0.717, 1.165) is 30.9 Å². The lowest BCUT2D eigenvalue weighted by molar-refractivity contribution is 0.245. The van der Waals surface area contributed by atoms with Crippen LogP contribution in [0, 0.1) is 0 Å². The Labute approximate surface area is 175 Å². The summed E-state index contributed by atoms with van der Waals surface area (Å²) >= 11 is 0. The van der Waals surface area contributed by atoms with Gasteiger partial charge in [-0.15, -0.1) is 0 Å². The van der Waals surface area contributed by atoms with E-state index in [9.17, 15) is 8.42 Å². The summed E-state index contributed by atoms with van der Waals surface area (Å²) in [5.74, 6) is 1.64. The van der Waals surface area contributed by atoms with Crippen LogP contribution in [0.5, 0.6) is 5.75 Å². The normalized spacial score (nSPS) is 16.6. The van der Waals surface area contributed by atoms with Crippen molar-refractivity contribution in [3.05, 3.63) is 29.8 Å². The number of ether oxygens (including phenoxy) is 1. The Morgan fingerprint density at radius 3 is 2.55 bits per heavy atom. The molecule has 1 atom stereocenters. The van der Waals surface area contributed by atoms with Gasteiger partial charge < -0.3 is 15.4 Å². The van der Waals surface area contributed by atoms with Gasteiger partial charge in [-0.25, -0.2) is 13.1 Å². The predicted octanol–water partition coefficient (Wildman–Crippen LogP) is 1.33. The molecule has 1 unspecified atom stereocenters. The highest BCUT2D eigenvalue weighted by Crippen LogP contribution is 2.31. The van der Waals surface area contributed by atoms with Crippen molar-refractivity contribution in [3.8, 4) is 5.75 Å². The molecule has 3 N–H and O–H groups in total. The molecule has 164 valence electrons. The lowest BCUT2D eigenvalue weighted by atomic mass is 10.0. The second kappa shape index (κ2) is 12.0. The highest BCUT2D eigenvalue weighted by Gasteiger charge is 2.25. The van der Waals surface area contributed by atoms with Crippen molar-refractivity contribution in [1.29, 1.82) is 0 Å². The van der Waals surface area contributed by atoms with E-state index in [0.29, 0.717) is 25.6 Å². The first kappa shape index (κ1) is 23.4. The first-order valence-corrected chi connectivity index (χ1v) is 12.0. The molecule has 1 heterocycles. The Bertz CT molecular complexity index is 748. The highest BCUT2D eigenvalue weighted by atomic mass is 32.2. The van der Waals surface area contributed by atoms with Gasteiger partial charge in [0.15, 0.2) is 5.96 Å². The van der Waals surface area contributed by atoms with Crippen molar-refractivity contribution in [1.82, 2.24) is 20.3 Å². The lowest BCUT2D eigenvalue weighted by Crippen LogP contribution is -2.42. The fourth-order valence-corrected chi connectivity index (χ4v) is 4.03. The number of likely N-dealkylation sites (tertiary alicyclic amines) is 1. The molecule has 0 spiro atoms. The van der Waals surface area contributed by atoms with E-state index in [1.54, 1.807) is 14.0 Å². The van der Waals surface area contributed by atoms with E-state index in [4.69, 9.17) is 9.73 Å². The van der Waals surface area contributed by atoms with Crippen LogP contribution in [0.15, 0.2) is 29.3 Å². The summed E-state index contributed by atoms with van der Waals surface area (Å²) in [6.07, 6.45) is 2.40. The van der Waals surface area contributed by atoms with E-state index < -0.39 is 10.0 Å². The fourth-order valence-electron chi connectivity index (χ4n) is 3.41. The minimum Gasteiger partial charge on any atom is -0.496 e. The molecule has 0 bridgehead atoms. The molecule has 9 heteroatoms. The van der Waals surface area contributed by atoms with Gasteiger partial charge in [0.1, 0.15) is 5.75 Å². The first-order valence-electron chi connectivity index (χ1n) is 10.4. The third kappa shape index (κ3) is 7.49. The number of rotatable bonds is 11. The van der Waals surface area contributed by atoms with Crippen molar-refractivity contribution in [2.45, 2.75) is 32.7 Å². The summed E-state index contributed by atoms with van der Waals surface area (Å²) in [5, 5.41) is 6.44. The zero-order valence-corrected chi connectivity index (χ0v) is 18.6. The van der Waals surface area contributed by atoms with Gasteiger partial charge in [-0.1, -0.05) is 18.2 Å². The van der Waals surface area contributed by atoms with E-state index in [-0.39, 0.29) is 11.8 Å². The van der Waals surface area contributed by atoms with Gasteiger partial charge in [-0.05, 0) is 45.8 Å². The number of aliphatic imine (C=N–C) groups is 1. The smallest absolute Gasteiger partial charge is 0.211 e. The second-order valence-electron chi connectivity index (χ2n) is 6.94. The van der Waals surface area contributed by atoms with Gasteiger partial charge in [0.25, 0.3) is 0 Å². The largest absolute Gasteiger partial charge is 0.496 e. The highest BCUT2D eigenvalue weighted by molar-refractivity contribution is 7.89. The number of guanidine groups is 1. The van der Waals surface area contributed by atoms with Crippen LogP contribution in [0.25, 0.3) is 0 Å². The van der Waals surface area contributed by atoms with Crippen LogP contribution in [0.4, 0.5) is 0 Å². The molecule has 1 aliphatic heterocycles. The SMILES string of the molecule is CCNC(=NCC(c1ccccc1OC)N1CCCC1)NCCNS(=O)(=O)CC. The molecule has 29 heavy (non-hydrogen) atoms. The van der Waals surface area contributed by atoms with Gasteiger partial charge in [0, 0.05) is 25.2 Å². The van der Waals surface area contributed by atoms with Crippen molar-refractivity contribution in [2.24, 2.45) is 4.99 Å². The molecular formula is C20H35N5O3S. The first-order chi connectivity index (χ1) is 14.0. The average Bonchev–Trinajstić information content (AvgIpc) is 3.26. The molecule has 1 fully saturated rings. The number of para-hydroxylation sites is 1. The van der Waals surface area contributed by atoms with Crippen molar-refractivity contribution < 1.29 is 13.2 Å². The van der Waals surface area contributed by atoms with Crippen LogP contribution in [0.1, 0.15) is 38.3 Å². The minimum atomic E-state index is -3.18. The van der Waals surface area contributed by atoms with E-state index in [2.05, 4.69) is 26.3 Å². The number of nitrogens with zero attached hydrogens (tertiary/aromatic N) is 2. The monoisotopic (exact) mass is 425 g/mol. The van der Waals surface area contributed by atoms with E-state index in [1.807, 2.05) is 25.1 Å². The number of sulfonamides is 1. The molecule has 1 aromatic rings. The summed E-state index contributed by atoms with van der Waals surface area (Å²) in [5.41, 5.74) is 1.15. The molecule has 0 aliphatic carbocycles. The summed E-state index contributed by atoms with van der Waals surface area (Å²) < 4.78 is 31.2. The number of methoxy groups -OCH3 is 1. The second-order valence-corrected chi connectivity index (χ2v) is 9.04. The average molecular weight is 426 g/mol. The number of nitrogens with one attached hydrogen (secondary N) is 3. The Morgan fingerprint density at radius 2 is 1.90 bits per heavy atom. The van der Waals surface area contributed by atoms with Crippen LogP contribution >= 0.6 is 0 Å². The Balaban J connectivity index is 2.07. The van der Waals surface area contributed by atoms with Crippen molar-refractivity contribution in [3.63, 3.8) is 0 Å². The number of benzene rings is 1. The van der Waals surface area contributed by atoms with Crippen LogP contribution in [0.2, 0.25) is 0 Å². The maximum Gasteiger partial charge on any atom is 0.211 e. The van der Waals surface area contributed by atoms with Gasteiger partial charge in [0.2, 0.25) is 10.0 Å². The number of hydrogen-bond acceptors (Lipinski definition) is 5. The maximum absolute atomic E-state index is 11.5. The number of hydrogen-bond donors (Lipinski definition) is 3. The maximum atomic E-state index is 11.5. The quantitative estimate of drug-likeness (QED) is 0.281. The van der Waals surface area contributed by atoms with Crippen LogP contribution < -0.4 is 20.1 Å². The molecular weight excluding hydrogens is 390 g/mol. The summed E-state index contributed by atoms with van der Waals surface area (Å²) in [6, 6.07) is 8.26. The van der Waals surface area contributed by atoms with Gasteiger partial charge in [-0.2, -0.15) is 0 Å². The Kier molecular flexibility index (Phi) is 9.69. The molecule has 0 aromatic heterocycles. The van der Waals surface area contributed by atoms with Gasteiger partial charge in [0.05, 0.1) is 25.4 Å². The third-order valence-corrected chi connectivity index (χ3v) is 6.37. The van der Waals surface area contributed by atoms with E-state index >= 15 is 0 Å². The summed E-state index contributed by atoms with van der Waals surface area (Å²) in [7, 11) is -1.48. The molecule has 0 radical (unpaired) electrons. The van der Waals surface area contributed by atoms with E-state index in [1.165, 1.54) is 12.8 Å². The van der Waals surface area contributed by atoms with Crippen LogP contribution in [-0.2, 0) is 10.0 Å². The van der Waals surface area contributed by atoms with Crippen LogP contribution in [0.3, 0.4) is 0 Å². The predicted molar refractivity (Wildman–Crippen MR) is 118 cm³/mol. The Morgan fingerprint density at radius 1 is 1.17 bits per heavy atom. The molecule has 0 amide bonds.